The highest BCUT2D eigenvalue weighted by molar-refractivity contribution is 6.20. The third kappa shape index (κ3) is 4.88. The molecule has 2 nitrogen and oxygen atoms in total. The second-order valence-corrected chi connectivity index (χ2v) is 14.1. The molecule has 0 spiro atoms. The molecule has 10 aromatic carbocycles. The van der Waals surface area contributed by atoms with Crippen LogP contribution in [0.4, 0.5) is 17.1 Å². The SMILES string of the molecule is c1ccc(-c2ccc(N(c3ccc4oc5c(-c6ccc7ccccc7c6)c6ccccc6cc5c4c3)c3cc4ccccc4c4ccccc34)cc2)cc1. The van der Waals surface area contributed by atoms with Gasteiger partial charge < -0.3 is 9.32 Å². The summed E-state index contributed by atoms with van der Waals surface area (Å²) in [7, 11) is 0. The van der Waals surface area contributed by atoms with Crippen LogP contribution >= 0.6 is 0 Å². The van der Waals surface area contributed by atoms with Crippen molar-refractivity contribution >= 4 is 82.1 Å². The van der Waals surface area contributed by atoms with Gasteiger partial charge in [0.15, 0.2) is 0 Å². The van der Waals surface area contributed by atoms with Gasteiger partial charge in [-0.05, 0) is 103 Å². The fourth-order valence-electron chi connectivity index (χ4n) is 8.41. The van der Waals surface area contributed by atoms with Gasteiger partial charge in [-0.3, -0.25) is 0 Å². The summed E-state index contributed by atoms with van der Waals surface area (Å²) >= 11 is 0. The largest absolute Gasteiger partial charge is 0.455 e. The average Bonchev–Trinajstić information content (AvgIpc) is 3.60. The standard InChI is InChI=1S/C52H33NO/c1-2-12-34(13-3-1)36-24-26-41(27-25-36)53(49-32-39-17-6-8-18-43(39)45-20-10-11-21-46(45)49)42-28-29-50-47(33-42)48-31-38-16-7-9-19-44(38)51(52(48)54-50)40-23-22-35-14-4-5-15-37(35)30-40/h1-33H. The highest BCUT2D eigenvalue weighted by Crippen LogP contribution is 2.46. The zero-order chi connectivity index (χ0) is 35.6. The van der Waals surface area contributed by atoms with Gasteiger partial charge in [0.1, 0.15) is 11.2 Å². The van der Waals surface area contributed by atoms with Crippen LogP contribution < -0.4 is 4.90 Å². The van der Waals surface area contributed by atoms with Gasteiger partial charge in [-0.1, -0.05) is 152 Å². The molecule has 0 saturated heterocycles. The summed E-state index contributed by atoms with van der Waals surface area (Å²) in [6, 6.07) is 72.2. The maximum Gasteiger partial charge on any atom is 0.143 e. The van der Waals surface area contributed by atoms with Crippen molar-refractivity contribution in [3.05, 3.63) is 200 Å². The molecular formula is C52H33NO. The van der Waals surface area contributed by atoms with Gasteiger partial charge in [-0.2, -0.15) is 0 Å². The number of furan rings is 1. The van der Waals surface area contributed by atoms with Crippen LogP contribution in [0.3, 0.4) is 0 Å². The van der Waals surface area contributed by atoms with E-state index in [2.05, 4.69) is 205 Å². The molecule has 1 heterocycles. The number of nitrogens with zero attached hydrogens (tertiary/aromatic N) is 1. The van der Waals surface area contributed by atoms with Crippen molar-refractivity contribution in [1.82, 2.24) is 0 Å². The predicted octanol–water partition coefficient (Wildman–Crippen LogP) is 15.0. The Labute approximate surface area is 312 Å². The van der Waals surface area contributed by atoms with E-state index in [-0.39, 0.29) is 0 Å². The summed E-state index contributed by atoms with van der Waals surface area (Å²) in [5, 5.41) is 11.9. The van der Waals surface area contributed by atoms with Crippen LogP contribution in [0.5, 0.6) is 0 Å². The molecule has 252 valence electrons. The zero-order valence-electron chi connectivity index (χ0n) is 29.4. The number of rotatable bonds is 5. The lowest BCUT2D eigenvalue weighted by Gasteiger charge is -2.28. The van der Waals surface area contributed by atoms with Crippen LogP contribution in [0.2, 0.25) is 0 Å². The lowest BCUT2D eigenvalue weighted by atomic mass is 9.93. The Hall–Kier alpha value is -7.16. The molecule has 11 aromatic rings. The van der Waals surface area contributed by atoms with Crippen LogP contribution in [0.25, 0.3) is 87.3 Å². The zero-order valence-corrected chi connectivity index (χ0v) is 29.4. The van der Waals surface area contributed by atoms with E-state index in [4.69, 9.17) is 4.42 Å². The fraction of sp³-hybridized carbons (Fsp3) is 0. The first-order valence-corrected chi connectivity index (χ1v) is 18.5. The first-order valence-electron chi connectivity index (χ1n) is 18.5. The third-order valence-electron chi connectivity index (χ3n) is 11.0. The van der Waals surface area contributed by atoms with Gasteiger partial charge in [-0.25, -0.2) is 0 Å². The summed E-state index contributed by atoms with van der Waals surface area (Å²) < 4.78 is 6.88. The van der Waals surface area contributed by atoms with Crippen molar-refractivity contribution < 1.29 is 4.42 Å². The second kappa shape index (κ2) is 12.2. The maximum atomic E-state index is 6.88. The van der Waals surface area contributed by atoms with E-state index >= 15 is 0 Å². The Morgan fingerprint density at radius 2 is 0.907 bits per heavy atom. The first kappa shape index (κ1) is 30.5. The van der Waals surface area contributed by atoms with E-state index in [0.29, 0.717) is 0 Å². The monoisotopic (exact) mass is 687 g/mol. The topological polar surface area (TPSA) is 16.4 Å². The number of anilines is 3. The van der Waals surface area contributed by atoms with Crippen molar-refractivity contribution in [3.63, 3.8) is 0 Å². The number of benzene rings is 10. The highest BCUT2D eigenvalue weighted by atomic mass is 16.3. The Morgan fingerprint density at radius 3 is 1.70 bits per heavy atom. The Kier molecular flexibility index (Phi) is 6.90. The Morgan fingerprint density at radius 1 is 0.315 bits per heavy atom. The third-order valence-corrected chi connectivity index (χ3v) is 11.0. The quantitative estimate of drug-likeness (QED) is 0.168. The van der Waals surface area contributed by atoms with Crippen molar-refractivity contribution in [1.29, 1.82) is 0 Å². The van der Waals surface area contributed by atoms with Crippen molar-refractivity contribution in [2.24, 2.45) is 0 Å². The van der Waals surface area contributed by atoms with Gasteiger partial charge >= 0.3 is 0 Å². The summed E-state index contributed by atoms with van der Waals surface area (Å²) in [6.45, 7) is 0. The molecule has 0 aliphatic carbocycles. The van der Waals surface area contributed by atoms with Gasteiger partial charge in [0, 0.05) is 33.1 Å². The summed E-state index contributed by atoms with van der Waals surface area (Å²) in [5.74, 6) is 0. The molecule has 0 amide bonds. The fourth-order valence-corrected chi connectivity index (χ4v) is 8.41. The van der Waals surface area contributed by atoms with Crippen LogP contribution in [-0.4, -0.2) is 0 Å². The van der Waals surface area contributed by atoms with E-state index in [1.165, 1.54) is 54.2 Å². The molecular weight excluding hydrogens is 655 g/mol. The van der Waals surface area contributed by atoms with Gasteiger partial charge in [0.25, 0.3) is 0 Å². The molecule has 0 N–H and O–H groups in total. The highest BCUT2D eigenvalue weighted by Gasteiger charge is 2.21. The maximum absolute atomic E-state index is 6.88. The second-order valence-electron chi connectivity index (χ2n) is 14.1. The summed E-state index contributed by atoms with van der Waals surface area (Å²) in [6.07, 6.45) is 0. The van der Waals surface area contributed by atoms with Crippen LogP contribution in [0.15, 0.2) is 205 Å². The lowest BCUT2D eigenvalue weighted by Crippen LogP contribution is -2.10. The molecule has 0 radical (unpaired) electrons. The van der Waals surface area contributed by atoms with Crippen molar-refractivity contribution in [2.45, 2.75) is 0 Å². The number of fused-ring (bicyclic) bond motifs is 8. The summed E-state index contributed by atoms with van der Waals surface area (Å²) in [4.78, 5) is 2.41. The molecule has 1 aromatic heterocycles. The molecule has 0 aliphatic heterocycles. The normalized spacial score (nSPS) is 11.7. The Bertz CT molecular complexity index is 3210. The number of hydrogen-bond donors (Lipinski definition) is 0. The predicted molar refractivity (Wildman–Crippen MR) is 229 cm³/mol. The Balaban J connectivity index is 1.17. The molecule has 0 atom stereocenters. The molecule has 0 saturated carbocycles. The first-order chi connectivity index (χ1) is 26.8. The van der Waals surface area contributed by atoms with Gasteiger partial charge in [0.05, 0.1) is 5.69 Å². The van der Waals surface area contributed by atoms with Gasteiger partial charge in [0.2, 0.25) is 0 Å². The van der Waals surface area contributed by atoms with Crippen LogP contribution in [0, 0.1) is 0 Å². The molecule has 2 heteroatoms. The molecule has 0 unspecified atom stereocenters. The lowest BCUT2D eigenvalue weighted by molar-refractivity contribution is 0.670. The number of hydrogen-bond acceptors (Lipinski definition) is 2. The molecule has 11 rings (SSSR count). The van der Waals surface area contributed by atoms with Crippen LogP contribution in [0.1, 0.15) is 0 Å². The van der Waals surface area contributed by atoms with Gasteiger partial charge in [-0.15, -0.1) is 0 Å². The van der Waals surface area contributed by atoms with E-state index in [1.807, 2.05) is 0 Å². The van der Waals surface area contributed by atoms with E-state index in [0.717, 1.165) is 50.1 Å². The van der Waals surface area contributed by atoms with Crippen LogP contribution in [-0.2, 0) is 0 Å². The average molecular weight is 688 g/mol. The minimum atomic E-state index is 0.869. The smallest absolute Gasteiger partial charge is 0.143 e. The van der Waals surface area contributed by atoms with Crippen molar-refractivity contribution in [2.75, 3.05) is 4.90 Å². The minimum Gasteiger partial charge on any atom is -0.455 e. The van der Waals surface area contributed by atoms with Crippen molar-refractivity contribution in [3.8, 4) is 22.3 Å². The van der Waals surface area contributed by atoms with E-state index in [1.54, 1.807) is 0 Å². The summed E-state index contributed by atoms with van der Waals surface area (Å²) in [5.41, 5.74) is 9.73. The molecule has 0 bridgehead atoms. The van der Waals surface area contributed by atoms with E-state index < -0.39 is 0 Å². The van der Waals surface area contributed by atoms with E-state index in [9.17, 15) is 0 Å². The minimum absolute atomic E-state index is 0.869. The molecule has 0 aliphatic rings. The molecule has 0 fully saturated rings. The molecule has 54 heavy (non-hydrogen) atoms.